The van der Waals surface area contributed by atoms with Crippen molar-refractivity contribution in [2.24, 2.45) is 5.92 Å². The van der Waals surface area contributed by atoms with Gasteiger partial charge in [-0.25, -0.2) is 9.37 Å². The van der Waals surface area contributed by atoms with Gasteiger partial charge in [-0.1, -0.05) is 29.8 Å². The van der Waals surface area contributed by atoms with Gasteiger partial charge in [0.1, 0.15) is 5.82 Å². The summed E-state index contributed by atoms with van der Waals surface area (Å²) in [6.45, 7) is 0.901. The van der Waals surface area contributed by atoms with Crippen LogP contribution >= 0.6 is 22.9 Å². The molecule has 8 heteroatoms. The maximum absolute atomic E-state index is 13.1. The Hall–Kier alpha value is -2.77. The minimum atomic E-state index is -0.387. The molecule has 0 spiro atoms. The summed E-state index contributed by atoms with van der Waals surface area (Å²) in [5.74, 6) is -1.06. The SMILES string of the molecule is O=C(Nc1nc(-c2ccccc2Cl)cs1)C1CCCN(C(=O)c2ccc(F)cc2)C1. The highest BCUT2D eigenvalue weighted by atomic mass is 35.5. The van der Waals surface area contributed by atoms with Crippen molar-refractivity contribution >= 4 is 39.9 Å². The molecule has 1 saturated heterocycles. The smallest absolute Gasteiger partial charge is 0.253 e. The third-order valence-electron chi connectivity index (χ3n) is 5.05. The number of anilines is 1. The Labute approximate surface area is 182 Å². The number of aromatic nitrogens is 1. The van der Waals surface area contributed by atoms with Crippen LogP contribution in [0.15, 0.2) is 53.9 Å². The molecule has 2 amide bonds. The van der Waals surface area contributed by atoms with E-state index in [9.17, 15) is 14.0 Å². The predicted molar refractivity (Wildman–Crippen MR) is 116 cm³/mol. The van der Waals surface area contributed by atoms with E-state index in [-0.39, 0.29) is 23.5 Å². The van der Waals surface area contributed by atoms with Gasteiger partial charge in [0.25, 0.3) is 5.91 Å². The highest BCUT2D eigenvalue weighted by Crippen LogP contribution is 2.30. The summed E-state index contributed by atoms with van der Waals surface area (Å²) < 4.78 is 13.1. The molecule has 0 saturated carbocycles. The summed E-state index contributed by atoms with van der Waals surface area (Å²) in [4.78, 5) is 31.6. The van der Waals surface area contributed by atoms with E-state index < -0.39 is 0 Å². The zero-order valence-corrected chi connectivity index (χ0v) is 17.5. The predicted octanol–water partition coefficient (Wildman–Crippen LogP) is 5.09. The van der Waals surface area contributed by atoms with Crippen LogP contribution in [0.5, 0.6) is 0 Å². The van der Waals surface area contributed by atoms with Gasteiger partial charge >= 0.3 is 0 Å². The minimum Gasteiger partial charge on any atom is -0.338 e. The van der Waals surface area contributed by atoms with Gasteiger partial charge in [0.05, 0.1) is 11.6 Å². The van der Waals surface area contributed by atoms with Crippen molar-refractivity contribution < 1.29 is 14.0 Å². The van der Waals surface area contributed by atoms with Crippen molar-refractivity contribution in [3.05, 3.63) is 70.3 Å². The lowest BCUT2D eigenvalue weighted by atomic mass is 9.96. The number of carbonyl (C=O) groups is 2. The molecule has 2 aromatic carbocycles. The monoisotopic (exact) mass is 443 g/mol. The molecule has 30 heavy (non-hydrogen) atoms. The minimum absolute atomic E-state index is 0.160. The number of amides is 2. The van der Waals surface area contributed by atoms with E-state index in [1.54, 1.807) is 11.0 Å². The molecule has 4 rings (SSSR count). The van der Waals surface area contributed by atoms with Crippen molar-refractivity contribution in [1.82, 2.24) is 9.88 Å². The lowest BCUT2D eigenvalue weighted by Crippen LogP contribution is -2.43. The number of likely N-dealkylation sites (tertiary alicyclic amines) is 1. The Morgan fingerprint density at radius 1 is 1.17 bits per heavy atom. The summed E-state index contributed by atoms with van der Waals surface area (Å²) >= 11 is 7.55. The van der Waals surface area contributed by atoms with Crippen LogP contribution in [0, 0.1) is 11.7 Å². The van der Waals surface area contributed by atoms with E-state index in [2.05, 4.69) is 10.3 Å². The second kappa shape index (κ2) is 8.93. The van der Waals surface area contributed by atoms with E-state index in [0.717, 1.165) is 12.0 Å². The zero-order valence-electron chi connectivity index (χ0n) is 16.0. The van der Waals surface area contributed by atoms with E-state index >= 15 is 0 Å². The fraction of sp³-hybridized carbons (Fsp3) is 0.227. The summed E-state index contributed by atoms with van der Waals surface area (Å²) in [6.07, 6.45) is 1.43. The average Bonchev–Trinajstić information content (AvgIpc) is 3.22. The van der Waals surface area contributed by atoms with Crippen LogP contribution in [0.4, 0.5) is 9.52 Å². The zero-order chi connectivity index (χ0) is 21.1. The molecule has 154 valence electrons. The van der Waals surface area contributed by atoms with Gasteiger partial charge in [0.2, 0.25) is 5.91 Å². The fourth-order valence-corrected chi connectivity index (χ4v) is 4.43. The molecular weight excluding hydrogens is 425 g/mol. The van der Waals surface area contributed by atoms with Crippen LogP contribution < -0.4 is 5.32 Å². The molecule has 0 bridgehead atoms. The number of carbonyl (C=O) groups excluding carboxylic acids is 2. The second-order valence-electron chi connectivity index (χ2n) is 7.10. The van der Waals surface area contributed by atoms with Crippen LogP contribution in [-0.4, -0.2) is 34.8 Å². The maximum Gasteiger partial charge on any atom is 0.253 e. The lowest BCUT2D eigenvalue weighted by molar-refractivity contribution is -0.121. The third-order valence-corrected chi connectivity index (χ3v) is 6.14. The molecule has 1 aromatic heterocycles. The van der Waals surface area contributed by atoms with Gasteiger partial charge in [0, 0.05) is 34.6 Å². The highest BCUT2D eigenvalue weighted by molar-refractivity contribution is 7.14. The molecule has 2 heterocycles. The lowest BCUT2D eigenvalue weighted by Gasteiger charge is -2.32. The summed E-state index contributed by atoms with van der Waals surface area (Å²) in [5, 5.41) is 5.81. The van der Waals surface area contributed by atoms with Crippen LogP contribution in [0.1, 0.15) is 23.2 Å². The van der Waals surface area contributed by atoms with Crippen molar-refractivity contribution in [2.45, 2.75) is 12.8 Å². The molecule has 0 radical (unpaired) electrons. The maximum atomic E-state index is 13.1. The van der Waals surface area contributed by atoms with Crippen molar-refractivity contribution in [3.63, 3.8) is 0 Å². The fourth-order valence-electron chi connectivity index (χ4n) is 3.48. The number of rotatable bonds is 4. The van der Waals surface area contributed by atoms with Crippen molar-refractivity contribution in [1.29, 1.82) is 0 Å². The first kappa shape index (κ1) is 20.5. The number of benzene rings is 2. The van der Waals surface area contributed by atoms with Gasteiger partial charge < -0.3 is 10.2 Å². The Bertz CT molecular complexity index is 1070. The first-order valence-electron chi connectivity index (χ1n) is 9.57. The molecule has 5 nitrogen and oxygen atoms in total. The normalized spacial score (nSPS) is 16.3. The van der Waals surface area contributed by atoms with Gasteiger partial charge in [-0.2, -0.15) is 0 Å². The number of nitrogens with zero attached hydrogens (tertiary/aromatic N) is 2. The number of halogens is 2. The van der Waals surface area contributed by atoms with Gasteiger partial charge in [-0.05, 0) is 43.2 Å². The summed E-state index contributed by atoms with van der Waals surface area (Å²) in [7, 11) is 0. The Kier molecular flexibility index (Phi) is 6.11. The molecule has 1 fully saturated rings. The average molecular weight is 444 g/mol. The van der Waals surface area contributed by atoms with Gasteiger partial charge in [-0.3, -0.25) is 9.59 Å². The number of hydrogen-bond acceptors (Lipinski definition) is 4. The molecule has 1 aliphatic rings. The Morgan fingerprint density at radius 3 is 2.70 bits per heavy atom. The number of piperidine rings is 1. The quantitative estimate of drug-likeness (QED) is 0.610. The van der Waals surface area contributed by atoms with E-state index in [1.807, 2.05) is 23.6 Å². The standard InChI is InChI=1S/C22H19ClFN3O2S/c23-18-6-2-1-5-17(18)19-13-30-22(25-19)26-20(28)15-4-3-11-27(12-15)21(29)14-7-9-16(24)10-8-14/h1-2,5-10,13,15H,3-4,11-12H2,(H,25,26,28). The van der Waals surface area contributed by atoms with E-state index in [1.165, 1.54) is 35.6 Å². The third kappa shape index (κ3) is 4.52. The molecule has 0 aliphatic carbocycles. The highest BCUT2D eigenvalue weighted by Gasteiger charge is 2.29. The first-order chi connectivity index (χ1) is 14.5. The summed E-state index contributed by atoms with van der Waals surface area (Å²) in [6, 6.07) is 12.9. The number of hydrogen-bond donors (Lipinski definition) is 1. The molecule has 1 unspecified atom stereocenters. The first-order valence-corrected chi connectivity index (χ1v) is 10.8. The van der Waals surface area contributed by atoms with Crippen LogP contribution in [0.3, 0.4) is 0 Å². The molecule has 3 aromatic rings. The topological polar surface area (TPSA) is 62.3 Å². The van der Waals surface area contributed by atoms with E-state index in [4.69, 9.17) is 11.6 Å². The molecule has 1 atom stereocenters. The largest absolute Gasteiger partial charge is 0.338 e. The van der Waals surface area contributed by atoms with Crippen LogP contribution in [0.2, 0.25) is 5.02 Å². The van der Waals surface area contributed by atoms with Gasteiger partial charge in [0.15, 0.2) is 5.13 Å². The van der Waals surface area contributed by atoms with E-state index in [0.29, 0.717) is 40.9 Å². The van der Waals surface area contributed by atoms with Crippen molar-refractivity contribution in [3.8, 4) is 11.3 Å². The summed E-state index contributed by atoms with van der Waals surface area (Å²) in [5.41, 5.74) is 1.93. The van der Waals surface area contributed by atoms with Crippen LogP contribution in [-0.2, 0) is 4.79 Å². The van der Waals surface area contributed by atoms with Crippen molar-refractivity contribution in [2.75, 3.05) is 18.4 Å². The number of nitrogens with one attached hydrogen (secondary N) is 1. The second-order valence-corrected chi connectivity index (χ2v) is 8.37. The van der Waals surface area contributed by atoms with Crippen LogP contribution in [0.25, 0.3) is 11.3 Å². The Balaban J connectivity index is 1.41. The Morgan fingerprint density at radius 2 is 1.93 bits per heavy atom. The van der Waals surface area contributed by atoms with Gasteiger partial charge in [-0.15, -0.1) is 11.3 Å². The molecule has 1 N–H and O–H groups in total. The number of thiazole rings is 1. The molecule has 1 aliphatic heterocycles. The molecular formula is C22H19ClFN3O2S.